The quantitative estimate of drug-likeness (QED) is 0.171. The zero-order chi connectivity index (χ0) is 32.6. The Hall–Kier alpha value is -6.25. The Bertz CT molecular complexity index is 2260. The summed E-state index contributed by atoms with van der Waals surface area (Å²) in [5, 5.41) is 42.7. The van der Waals surface area contributed by atoms with Gasteiger partial charge < -0.3 is 4.74 Å². The SMILES string of the molecule is COc1ccccc1-c1ccccc1-c1nnnn1-c1ccccc1C#N.N#Cc1ccccc1-n1nnnc1-c1ccccc1I. The van der Waals surface area contributed by atoms with Crippen LogP contribution in [0.15, 0.2) is 121 Å². The van der Waals surface area contributed by atoms with Crippen LogP contribution in [0.25, 0.3) is 45.3 Å². The molecule has 7 rings (SSSR count). The average molecular weight is 727 g/mol. The first-order chi connectivity index (χ1) is 23.1. The van der Waals surface area contributed by atoms with Crippen LogP contribution in [0.3, 0.4) is 0 Å². The fourth-order valence-corrected chi connectivity index (χ4v) is 5.59. The Kier molecular flexibility index (Phi) is 9.32. The molecule has 0 spiro atoms. The molecule has 226 valence electrons. The summed E-state index contributed by atoms with van der Waals surface area (Å²) in [7, 11) is 1.65. The Balaban J connectivity index is 0.000000172. The summed E-state index contributed by atoms with van der Waals surface area (Å²) < 4.78 is 9.76. The molecule has 0 aliphatic rings. The van der Waals surface area contributed by atoms with Gasteiger partial charge in [-0.1, -0.05) is 84.9 Å². The molecule has 0 atom stereocenters. The zero-order valence-corrected chi connectivity index (χ0v) is 27.0. The Morgan fingerprint density at radius 3 is 1.55 bits per heavy atom. The van der Waals surface area contributed by atoms with Gasteiger partial charge in [0, 0.05) is 20.3 Å². The van der Waals surface area contributed by atoms with E-state index in [2.05, 4.69) is 65.8 Å². The molecule has 0 aliphatic carbocycles. The third-order valence-corrected chi connectivity index (χ3v) is 8.06. The standard InChI is InChI=1S/C21H15N5O.C14H8IN5/c1-27-20-13-7-5-10-17(20)16-9-3-4-11-18(16)21-23-24-25-26(21)19-12-6-2-8-15(19)14-22;15-12-7-3-2-6-11(12)14-17-18-19-20(14)13-8-4-1-5-10(13)9-16/h2-13H,1H3;1-8H. The lowest BCUT2D eigenvalue weighted by Gasteiger charge is -2.13. The number of ether oxygens (including phenoxy) is 1. The van der Waals surface area contributed by atoms with Crippen molar-refractivity contribution in [3.05, 3.63) is 136 Å². The molecule has 0 N–H and O–H groups in total. The van der Waals surface area contributed by atoms with Crippen LogP contribution in [0.2, 0.25) is 0 Å². The van der Waals surface area contributed by atoms with E-state index < -0.39 is 0 Å². The normalized spacial score (nSPS) is 10.3. The first kappa shape index (κ1) is 30.8. The topological polar surface area (TPSA) is 144 Å². The van der Waals surface area contributed by atoms with Gasteiger partial charge in [0.05, 0.1) is 29.6 Å². The molecule has 11 nitrogen and oxygen atoms in total. The summed E-state index contributed by atoms with van der Waals surface area (Å²) in [4.78, 5) is 0. The Morgan fingerprint density at radius 2 is 1.00 bits per heavy atom. The van der Waals surface area contributed by atoms with Crippen molar-refractivity contribution in [1.82, 2.24) is 40.4 Å². The van der Waals surface area contributed by atoms with Gasteiger partial charge in [0.2, 0.25) is 0 Å². The van der Waals surface area contributed by atoms with E-state index in [0.29, 0.717) is 34.2 Å². The molecule has 0 saturated carbocycles. The van der Waals surface area contributed by atoms with Gasteiger partial charge >= 0.3 is 0 Å². The van der Waals surface area contributed by atoms with E-state index in [-0.39, 0.29) is 0 Å². The third kappa shape index (κ3) is 6.31. The van der Waals surface area contributed by atoms with Crippen LogP contribution in [-0.2, 0) is 0 Å². The number of hydrogen-bond donors (Lipinski definition) is 0. The highest BCUT2D eigenvalue weighted by atomic mass is 127. The first-order valence-electron chi connectivity index (χ1n) is 14.2. The number of tetrazole rings is 2. The summed E-state index contributed by atoms with van der Waals surface area (Å²) in [5.74, 6) is 1.94. The first-order valence-corrected chi connectivity index (χ1v) is 15.3. The van der Waals surface area contributed by atoms with Crippen LogP contribution in [0.1, 0.15) is 11.1 Å². The van der Waals surface area contributed by atoms with Gasteiger partial charge in [0.15, 0.2) is 11.6 Å². The highest BCUT2D eigenvalue weighted by Crippen LogP contribution is 2.37. The molecule has 0 bridgehead atoms. The van der Waals surface area contributed by atoms with E-state index in [4.69, 9.17) is 4.74 Å². The number of hydrogen-bond acceptors (Lipinski definition) is 9. The van der Waals surface area contributed by atoms with Gasteiger partial charge in [0.1, 0.15) is 17.9 Å². The van der Waals surface area contributed by atoms with Crippen molar-refractivity contribution in [2.24, 2.45) is 0 Å². The molecule has 0 aliphatic heterocycles. The molecule has 0 radical (unpaired) electrons. The van der Waals surface area contributed by atoms with Crippen molar-refractivity contribution in [2.45, 2.75) is 0 Å². The molecular formula is C35H23IN10O. The lowest BCUT2D eigenvalue weighted by atomic mass is 9.98. The van der Waals surface area contributed by atoms with Crippen LogP contribution in [0, 0.1) is 26.2 Å². The fraction of sp³-hybridized carbons (Fsp3) is 0.0286. The predicted octanol–water partition coefficient (Wildman–Crippen LogP) is 6.68. The number of halogens is 1. The predicted molar refractivity (Wildman–Crippen MR) is 183 cm³/mol. The highest BCUT2D eigenvalue weighted by Gasteiger charge is 2.19. The van der Waals surface area contributed by atoms with Gasteiger partial charge in [-0.15, -0.1) is 10.2 Å². The third-order valence-electron chi connectivity index (χ3n) is 7.12. The van der Waals surface area contributed by atoms with E-state index >= 15 is 0 Å². The molecular weight excluding hydrogens is 703 g/mol. The summed E-state index contributed by atoms with van der Waals surface area (Å²) in [5.41, 5.74) is 6.02. The smallest absolute Gasteiger partial charge is 0.188 e. The number of nitrogens with zero attached hydrogens (tertiary/aromatic N) is 10. The average Bonchev–Trinajstić information content (AvgIpc) is 3.83. The van der Waals surface area contributed by atoms with Crippen molar-refractivity contribution in [3.8, 4) is 63.2 Å². The van der Waals surface area contributed by atoms with Gasteiger partial charge in [-0.3, -0.25) is 0 Å². The number of nitriles is 2. The second-order valence-electron chi connectivity index (χ2n) is 9.81. The van der Waals surface area contributed by atoms with Crippen LogP contribution in [-0.4, -0.2) is 47.5 Å². The van der Waals surface area contributed by atoms with Gasteiger partial charge in [0.25, 0.3) is 0 Å². The summed E-state index contributed by atoms with van der Waals surface area (Å²) in [6, 6.07) is 42.3. The second kappa shape index (κ2) is 14.2. The van der Waals surface area contributed by atoms with Gasteiger partial charge in [-0.05, 0) is 85.4 Å². The number of rotatable bonds is 6. The highest BCUT2D eigenvalue weighted by molar-refractivity contribution is 14.1. The van der Waals surface area contributed by atoms with E-state index in [0.717, 1.165) is 31.6 Å². The maximum atomic E-state index is 9.43. The number of benzene rings is 5. The summed E-state index contributed by atoms with van der Waals surface area (Å²) >= 11 is 2.24. The number of aromatic nitrogens is 8. The van der Waals surface area contributed by atoms with Crippen LogP contribution >= 0.6 is 22.6 Å². The molecule has 0 saturated heterocycles. The zero-order valence-electron chi connectivity index (χ0n) is 24.8. The molecule has 0 unspecified atom stereocenters. The summed E-state index contributed by atoms with van der Waals surface area (Å²) in [6.07, 6.45) is 0. The molecule has 2 heterocycles. The molecule has 7 aromatic rings. The van der Waals surface area contributed by atoms with Crippen molar-refractivity contribution in [1.29, 1.82) is 10.5 Å². The van der Waals surface area contributed by atoms with E-state index in [9.17, 15) is 10.5 Å². The van der Waals surface area contributed by atoms with Crippen LogP contribution in [0.4, 0.5) is 0 Å². The molecule has 2 aromatic heterocycles. The van der Waals surface area contributed by atoms with Crippen molar-refractivity contribution in [3.63, 3.8) is 0 Å². The van der Waals surface area contributed by atoms with Crippen molar-refractivity contribution < 1.29 is 4.74 Å². The maximum Gasteiger partial charge on any atom is 0.188 e. The fourth-order valence-electron chi connectivity index (χ4n) is 4.96. The molecule has 5 aromatic carbocycles. The van der Waals surface area contributed by atoms with Crippen LogP contribution in [0.5, 0.6) is 5.75 Å². The van der Waals surface area contributed by atoms with E-state index in [1.807, 2.05) is 109 Å². The molecule has 47 heavy (non-hydrogen) atoms. The summed E-state index contributed by atoms with van der Waals surface area (Å²) in [6.45, 7) is 0. The van der Waals surface area contributed by atoms with Crippen molar-refractivity contribution >= 4 is 22.6 Å². The minimum atomic E-state index is 0.501. The van der Waals surface area contributed by atoms with Crippen LogP contribution < -0.4 is 4.74 Å². The minimum absolute atomic E-state index is 0.501. The van der Waals surface area contributed by atoms with E-state index in [1.165, 1.54) is 0 Å². The monoisotopic (exact) mass is 726 g/mol. The minimum Gasteiger partial charge on any atom is -0.496 e. The number of para-hydroxylation sites is 3. The maximum absolute atomic E-state index is 9.43. The lowest BCUT2D eigenvalue weighted by molar-refractivity contribution is 0.416. The number of methoxy groups -OCH3 is 1. The largest absolute Gasteiger partial charge is 0.496 e. The van der Waals surface area contributed by atoms with Gasteiger partial charge in [-0.25, -0.2) is 0 Å². The molecule has 0 amide bonds. The second-order valence-corrected chi connectivity index (χ2v) is 11.0. The van der Waals surface area contributed by atoms with Crippen molar-refractivity contribution in [2.75, 3.05) is 7.11 Å². The molecule has 0 fully saturated rings. The van der Waals surface area contributed by atoms with Gasteiger partial charge in [-0.2, -0.15) is 19.9 Å². The Labute approximate surface area is 283 Å². The molecule has 12 heteroatoms. The lowest BCUT2D eigenvalue weighted by Crippen LogP contribution is -2.03. The Morgan fingerprint density at radius 1 is 0.553 bits per heavy atom. The van der Waals surface area contributed by atoms with E-state index in [1.54, 1.807) is 28.6 Å².